The molecule has 4 nitrogen and oxygen atoms in total. The van der Waals surface area contributed by atoms with Crippen molar-refractivity contribution in [1.29, 1.82) is 0 Å². The van der Waals surface area contributed by atoms with Crippen molar-refractivity contribution in [2.24, 2.45) is 5.92 Å². The van der Waals surface area contributed by atoms with Crippen LogP contribution < -0.4 is 5.32 Å². The van der Waals surface area contributed by atoms with Crippen molar-refractivity contribution in [1.82, 2.24) is 0 Å². The maximum absolute atomic E-state index is 13.8. The van der Waals surface area contributed by atoms with E-state index >= 15 is 0 Å². The molecule has 0 saturated heterocycles. The molecule has 0 bridgehead atoms. The number of methoxy groups -OCH3 is 1. The molecule has 0 spiro atoms. The van der Waals surface area contributed by atoms with Crippen LogP contribution in [0.5, 0.6) is 0 Å². The van der Waals surface area contributed by atoms with Gasteiger partial charge in [0, 0.05) is 25.7 Å². The second-order valence-corrected chi connectivity index (χ2v) is 4.47. The molecule has 20 heavy (non-hydrogen) atoms. The number of benzene rings is 1. The van der Waals surface area contributed by atoms with Crippen molar-refractivity contribution >= 4 is 11.6 Å². The van der Waals surface area contributed by atoms with Gasteiger partial charge in [0.2, 0.25) is 5.91 Å². The topological polar surface area (TPSA) is 58.6 Å². The van der Waals surface area contributed by atoms with Gasteiger partial charge in [-0.1, -0.05) is 18.8 Å². The van der Waals surface area contributed by atoms with Gasteiger partial charge < -0.3 is 15.2 Å². The van der Waals surface area contributed by atoms with E-state index in [0.717, 1.165) is 0 Å². The Kier molecular flexibility index (Phi) is 6.71. The second kappa shape index (κ2) is 8.31. The van der Waals surface area contributed by atoms with E-state index in [2.05, 4.69) is 17.2 Å². The summed E-state index contributed by atoms with van der Waals surface area (Å²) in [5, 5.41) is 11.1. The SMILES string of the molecule is COCC(C)CC(=O)Nc1ccc(C#CCO)cc1F. The number of anilines is 1. The molecule has 1 unspecified atom stereocenters. The van der Waals surface area contributed by atoms with Crippen molar-refractivity contribution in [3.63, 3.8) is 0 Å². The highest BCUT2D eigenvalue weighted by Gasteiger charge is 2.11. The molecule has 1 aromatic carbocycles. The molecule has 0 aromatic heterocycles. The van der Waals surface area contributed by atoms with Crippen molar-refractivity contribution in [3.05, 3.63) is 29.6 Å². The second-order valence-electron chi connectivity index (χ2n) is 4.47. The van der Waals surface area contributed by atoms with Crippen molar-refractivity contribution < 1.29 is 19.0 Å². The Hall–Kier alpha value is -1.90. The highest BCUT2D eigenvalue weighted by atomic mass is 19.1. The zero-order chi connectivity index (χ0) is 15.0. The zero-order valence-electron chi connectivity index (χ0n) is 11.6. The fourth-order valence-electron chi connectivity index (χ4n) is 1.70. The molecular weight excluding hydrogens is 261 g/mol. The zero-order valence-corrected chi connectivity index (χ0v) is 11.6. The first-order valence-corrected chi connectivity index (χ1v) is 6.25. The summed E-state index contributed by atoms with van der Waals surface area (Å²) in [6.07, 6.45) is 0.263. The number of hydrogen-bond acceptors (Lipinski definition) is 3. The third-order valence-electron chi connectivity index (χ3n) is 2.54. The fraction of sp³-hybridized carbons (Fsp3) is 0.400. The molecule has 0 aliphatic rings. The van der Waals surface area contributed by atoms with Crippen LogP contribution in [-0.2, 0) is 9.53 Å². The van der Waals surface area contributed by atoms with Crippen molar-refractivity contribution in [3.8, 4) is 11.8 Å². The number of carbonyl (C=O) groups is 1. The lowest BCUT2D eigenvalue weighted by Gasteiger charge is -2.11. The number of aliphatic hydroxyl groups is 1. The molecular formula is C15H18FNO3. The molecule has 0 fully saturated rings. The Bertz CT molecular complexity index is 520. The molecule has 1 aromatic rings. The number of amides is 1. The normalized spacial score (nSPS) is 11.4. The van der Waals surface area contributed by atoms with Crippen molar-refractivity contribution in [2.45, 2.75) is 13.3 Å². The predicted octanol–water partition coefficient (Wildman–Crippen LogP) is 1.78. The van der Waals surface area contributed by atoms with E-state index in [4.69, 9.17) is 9.84 Å². The Balaban J connectivity index is 2.66. The number of aliphatic hydroxyl groups excluding tert-OH is 1. The minimum atomic E-state index is -0.553. The molecule has 1 atom stereocenters. The first-order valence-electron chi connectivity index (χ1n) is 6.25. The van der Waals surface area contributed by atoms with Crippen LogP contribution in [-0.4, -0.2) is 31.3 Å². The van der Waals surface area contributed by atoms with E-state index in [0.29, 0.717) is 12.2 Å². The Morgan fingerprint density at radius 1 is 1.55 bits per heavy atom. The third-order valence-corrected chi connectivity index (χ3v) is 2.54. The van der Waals surface area contributed by atoms with Crippen LogP contribution >= 0.6 is 0 Å². The summed E-state index contributed by atoms with van der Waals surface area (Å²) in [6, 6.07) is 4.26. The van der Waals surface area contributed by atoms with Gasteiger partial charge in [0.15, 0.2) is 0 Å². The van der Waals surface area contributed by atoms with Crippen molar-refractivity contribution in [2.75, 3.05) is 25.6 Å². The van der Waals surface area contributed by atoms with E-state index in [-0.39, 0.29) is 30.5 Å². The van der Waals surface area contributed by atoms with Gasteiger partial charge in [-0.25, -0.2) is 4.39 Å². The summed E-state index contributed by atoms with van der Waals surface area (Å²) in [5.41, 5.74) is 0.566. The number of nitrogens with one attached hydrogen (secondary N) is 1. The molecule has 0 aliphatic heterocycles. The lowest BCUT2D eigenvalue weighted by Crippen LogP contribution is -2.18. The molecule has 0 heterocycles. The van der Waals surface area contributed by atoms with Gasteiger partial charge in [-0.05, 0) is 24.1 Å². The van der Waals surface area contributed by atoms with Crippen LogP contribution in [0.15, 0.2) is 18.2 Å². The highest BCUT2D eigenvalue weighted by Crippen LogP contribution is 2.16. The number of ether oxygens (including phenoxy) is 1. The van der Waals surface area contributed by atoms with Gasteiger partial charge in [0.1, 0.15) is 12.4 Å². The monoisotopic (exact) mass is 279 g/mol. The largest absolute Gasteiger partial charge is 0.384 e. The summed E-state index contributed by atoms with van der Waals surface area (Å²) in [5.74, 6) is 4.28. The van der Waals surface area contributed by atoms with Gasteiger partial charge in [-0.15, -0.1) is 0 Å². The summed E-state index contributed by atoms with van der Waals surface area (Å²) in [4.78, 5) is 11.7. The minimum Gasteiger partial charge on any atom is -0.384 e. The first kappa shape index (κ1) is 16.2. The molecule has 0 aliphatic carbocycles. The van der Waals surface area contributed by atoms with Gasteiger partial charge in [0.25, 0.3) is 0 Å². The van der Waals surface area contributed by atoms with Crippen LogP contribution in [0.2, 0.25) is 0 Å². The standard InChI is InChI=1S/C15H18FNO3/c1-11(10-20-2)8-15(19)17-14-6-5-12(4-3-7-18)9-13(14)16/h5-6,9,11,18H,7-8,10H2,1-2H3,(H,17,19). The smallest absolute Gasteiger partial charge is 0.224 e. The lowest BCUT2D eigenvalue weighted by molar-refractivity contribution is -0.117. The summed E-state index contributed by atoms with van der Waals surface area (Å²) in [6.45, 7) is 2.08. The first-order chi connectivity index (χ1) is 9.56. The lowest BCUT2D eigenvalue weighted by atomic mass is 10.1. The van der Waals surface area contributed by atoms with Crippen LogP contribution in [0.4, 0.5) is 10.1 Å². The van der Waals surface area contributed by atoms with Gasteiger partial charge in [-0.2, -0.15) is 0 Å². The predicted molar refractivity (Wildman–Crippen MR) is 74.7 cm³/mol. The Morgan fingerprint density at radius 3 is 2.90 bits per heavy atom. The van der Waals surface area contributed by atoms with Gasteiger partial charge in [-0.3, -0.25) is 4.79 Å². The van der Waals surface area contributed by atoms with E-state index in [1.165, 1.54) is 12.1 Å². The Labute approximate surface area is 117 Å². The molecule has 1 amide bonds. The maximum atomic E-state index is 13.8. The molecule has 108 valence electrons. The number of carbonyl (C=O) groups excluding carboxylic acids is 1. The summed E-state index contributed by atoms with van der Waals surface area (Å²) in [7, 11) is 1.57. The van der Waals surface area contributed by atoms with Crippen LogP contribution in [0.3, 0.4) is 0 Å². The maximum Gasteiger partial charge on any atom is 0.224 e. The average molecular weight is 279 g/mol. The Morgan fingerprint density at radius 2 is 2.30 bits per heavy atom. The minimum absolute atomic E-state index is 0.0674. The van der Waals surface area contributed by atoms with E-state index in [1.807, 2.05) is 6.92 Å². The van der Waals surface area contributed by atoms with E-state index < -0.39 is 5.82 Å². The fourth-order valence-corrected chi connectivity index (χ4v) is 1.70. The quantitative estimate of drug-likeness (QED) is 0.808. The number of hydrogen-bond donors (Lipinski definition) is 2. The van der Waals surface area contributed by atoms with Crippen LogP contribution in [0.25, 0.3) is 0 Å². The average Bonchev–Trinajstić information content (AvgIpc) is 2.39. The molecule has 0 saturated carbocycles. The molecule has 2 N–H and O–H groups in total. The van der Waals surface area contributed by atoms with Gasteiger partial charge in [0.05, 0.1) is 5.69 Å². The summed E-state index contributed by atoms with van der Waals surface area (Å²) >= 11 is 0. The van der Waals surface area contributed by atoms with Crippen LogP contribution in [0.1, 0.15) is 18.9 Å². The molecule has 0 radical (unpaired) electrons. The van der Waals surface area contributed by atoms with Crippen LogP contribution in [0, 0.1) is 23.6 Å². The molecule has 5 heteroatoms. The summed E-state index contributed by atoms with van der Waals surface area (Å²) < 4.78 is 18.7. The van der Waals surface area contributed by atoms with Gasteiger partial charge >= 0.3 is 0 Å². The number of rotatable bonds is 5. The third kappa shape index (κ3) is 5.39. The van der Waals surface area contributed by atoms with E-state index in [9.17, 15) is 9.18 Å². The van der Waals surface area contributed by atoms with E-state index in [1.54, 1.807) is 13.2 Å². The molecule has 1 rings (SSSR count). The highest BCUT2D eigenvalue weighted by molar-refractivity contribution is 5.91. The number of halogens is 1.